The Hall–Kier alpha value is -0.610. The first kappa shape index (κ1) is 8.49. The van der Waals surface area contributed by atoms with Crippen LogP contribution in [0.2, 0.25) is 0 Å². The summed E-state index contributed by atoms with van der Waals surface area (Å²) in [5.74, 6) is -0.762. The molecule has 0 unspecified atom stereocenters. The lowest BCUT2D eigenvalue weighted by atomic mass is 10.3. The van der Waals surface area contributed by atoms with Gasteiger partial charge in [0.05, 0.1) is 12.6 Å². The first-order valence-corrected chi connectivity index (χ1v) is 3.69. The average Bonchev–Trinajstić information content (AvgIpc) is 2.34. The average molecular weight is 159 g/mol. The fourth-order valence-corrected chi connectivity index (χ4v) is 1.32. The molecule has 0 aromatic rings. The minimum Gasteiger partial charge on any atom is -0.480 e. The number of hydrogen-bond acceptors (Lipinski definition) is 3. The number of ether oxygens (including phenoxy) is 1. The van der Waals surface area contributed by atoms with Crippen LogP contribution in [-0.2, 0) is 9.53 Å². The molecule has 1 rings (SSSR count). The highest BCUT2D eigenvalue weighted by Gasteiger charge is 2.22. The Balaban J connectivity index is 2.24. The minimum absolute atomic E-state index is 0.139. The maximum Gasteiger partial charge on any atom is 0.317 e. The molecule has 0 radical (unpaired) electrons. The lowest BCUT2D eigenvalue weighted by molar-refractivity contribution is -0.138. The zero-order valence-electron chi connectivity index (χ0n) is 6.62. The molecule has 1 heterocycles. The van der Waals surface area contributed by atoms with Gasteiger partial charge in [0.1, 0.15) is 0 Å². The molecule has 11 heavy (non-hydrogen) atoms. The van der Waals surface area contributed by atoms with Crippen molar-refractivity contribution in [3.63, 3.8) is 0 Å². The first-order chi connectivity index (χ1) is 5.22. The van der Waals surface area contributed by atoms with E-state index in [1.165, 1.54) is 0 Å². The lowest BCUT2D eigenvalue weighted by Crippen LogP contribution is -2.28. The van der Waals surface area contributed by atoms with Gasteiger partial charge in [-0.2, -0.15) is 0 Å². The molecule has 64 valence electrons. The Bertz CT molecular complexity index is 149. The number of methoxy groups -OCH3 is 1. The minimum atomic E-state index is -0.762. The van der Waals surface area contributed by atoms with Crippen molar-refractivity contribution in [1.82, 2.24) is 4.90 Å². The second-order valence-electron chi connectivity index (χ2n) is 2.78. The third-order valence-electron chi connectivity index (χ3n) is 1.92. The predicted molar refractivity (Wildman–Crippen MR) is 39.5 cm³/mol. The quantitative estimate of drug-likeness (QED) is 0.619. The number of carboxylic acid groups (broad SMARTS) is 1. The van der Waals surface area contributed by atoms with Gasteiger partial charge < -0.3 is 9.84 Å². The molecule has 4 nitrogen and oxygen atoms in total. The van der Waals surface area contributed by atoms with Gasteiger partial charge in [0.15, 0.2) is 0 Å². The van der Waals surface area contributed by atoms with E-state index in [1.54, 1.807) is 7.11 Å². The van der Waals surface area contributed by atoms with Crippen LogP contribution in [0.1, 0.15) is 6.42 Å². The second kappa shape index (κ2) is 3.69. The number of aliphatic carboxylic acids is 1. The van der Waals surface area contributed by atoms with Crippen molar-refractivity contribution in [2.75, 3.05) is 26.7 Å². The van der Waals surface area contributed by atoms with Gasteiger partial charge in [-0.3, -0.25) is 9.69 Å². The van der Waals surface area contributed by atoms with Gasteiger partial charge in [0, 0.05) is 20.2 Å². The molecule has 1 aliphatic rings. The fourth-order valence-electron chi connectivity index (χ4n) is 1.32. The maximum atomic E-state index is 10.3. The van der Waals surface area contributed by atoms with E-state index in [9.17, 15) is 4.79 Å². The Morgan fingerprint density at radius 1 is 1.82 bits per heavy atom. The Kier molecular flexibility index (Phi) is 2.84. The molecule has 1 fully saturated rings. The smallest absolute Gasteiger partial charge is 0.317 e. The number of rotatable bonds is 3. The third kappa shape index (κ3) is 2.48. The monoisotopic (exact) mass is 159 g/mol. The van der Waals surface area contributed by atoms with Crippen molar-refractivity contribution in [1.29, 1.82) is 0 Å². The van der Waals surface area contributed by atoms with Crippen molar-refractivity contribution < 1.29 is 14.6 Å². The number of carboxylic acids is 1. The highest BCUT2D eigenvalue weighted by Crippen LogP contribution is 2.10. The Morgan fingerprint density at radius 2 is 2.55 bits per heavy atom. The summed E-state index contributed by atoms with van der Waals surface area (Å²) in [6, 6.07) is 0. The second-order valence-corrected chi connectivity index (χ2v) is 2.78. The highest BCUT2D eigenvalue weighted by molar-refractivity contribution is 5.69. The van der Waals surface area contributed by atoms with Gasteiger partial charge in [-0.1, -0.05) is 0 Å². The van der Waals surface area contributed by atoms with Crippen LogP contribution in [-0.4, -0.2) is 48.8 Å². The zero-order valence-corrected chi connectivity index (χ0v) is 6.62. The molecule has 0 bridgehead atoms. The summed E-state index contributed by atoms with van der Waals surface area (Å²) >= 11 is 0. The Labute approximate surface area is 65.8 Å². The molecule has 0 aromatic carbocycles. The van der Waals surface area contributed by atoms with E-state index >= 15 is 0 Å². The van der Waals surface area contributed by atoms with Crippen LogP contribution in [0, 0.1) is 0 Å². The summed E-state index contributed by atoms with van der Waals surface area (Å²) in [4.78, 5) is 12.2. The van der Waals surface area contributed by atoms with E-state index in [0.717, 1.165) is 19.5 Å². The van der Waals surface area contributed by atoms with Gasteiger partial charge >= 0.3 is 5.97 Å². The Morgan fingerprint density at radius 3 is 3.00 bits per heavy atom. The summed E-state index contributed by atoms with van der Waals surface area (Å²) < 4.78 is 5.09. The normalized spacial score (nSPS) is 25.7. The van der Waals surface area contributed by atoms with Crippen LogP contribution < -0.4 is 0 Å². The molecule has 4 heteroatoms. The molecule has 0 saturated carbocycles. The summed E-state index contributed by atoms with van der Waals surface area (Å²) in [5, 5.41) is 8.45. The number of nitrogens with zero attached hydrogens (tertiary/aromatic N) is 1. The van der Waals surface area contributed by atoms with E-state index in [-0.39, 0.29) is 12.6 Å². The predicted octanol–water partition coefficient (Wildman–Crippen LogP) is -0.208. The zero-order chi connectivity index (χ0) is 8.27. The molecule has 0 aliphatic carbocycles. The fraction of sp³-hybridized carbons (Fsp3) is 0.857. The summed E-state index contributed by atoms with van der Waals surface area (Å²) in [6.07, 6.45) is 1.18. The van der Waals surface area contributed by atoms with Crippen molar-refractivity contribution >= 4 is 5.97 Å². The topological polar surface area (TPSA) is 49.8 Å². The summed E-state index contributed by atoms with van der Waals surface area (Å²) in [5.41, 5.74) is 0. The molecule has 0 amide bonds. The van der Waals surface area contributed by atoms with Crippen LogP contribution in [0.3, 0.4) is 0 Å². The largest absolute Gasteiger partial charge is 0.480 e. The molecule has 1 N–H and O–H groups in total. The SMILES string of the molecule is CO[C@@H]1CCN(CC(=O)O)C1. The highest BCUT2D eigenvalue weighted by atomic mass is 16.5. The van der Waals surface area contributed by atoms with Gasteiger partial charge in [-0.05, 0) is 6.42 Å². The molecule has 1 aliphatic heterocycles. The molecule has 1 saturated heterocycles. The van der Waals surface area contributed by atoms with E-state index in [1.807, 2.05) is 4.90 Å². The molecule has 0 aromatic heterocycles. The van der Waals surface area contributed by atoms with E-state index in [0.29, 0.717) is 0 Å². The third-order valence-corrected chi connectivity index (χ3v) is 1.92. The first-order valence-electron chi connectivity index (χ1n) is 3.69. The van der Waals surface area contributed by atoms with E-state index in [4.69, 9.17) is 9.84 Å². The van der Waals surface area contributed by atoms with Crippen LogP contribution in [0.5, 0.6) is 0 Å². The number of carbonyl (C=O) groups is 1. The number of likely N-dealkylation sites (tertiary alicyclic amines) is 1. The van der Waals surface area contributed by atoms with Crippen LogP contribution >= 0.6 is 0 Å². The molecular formula is C7H13NO3. The summed E-state index contributed by atoms with van der Waals surface area (Å²) in [7, 11) is 1.66. The van der Waals surface area contributed by atoms with Crippen molar-refractivity contribution in [2.24, 2.45) is 0 Å². The lowest BCUT2D eigenvalue weighted by Gasteiger charge is -2.11. The van der Waals surface area contributed by atoms with E-state index in [2.05, 4.69) is 0 Å². The molecule has 1 atom stereocenters. The van der Waals surface area contributed by atoms with Gasteiger partial charge in [-0.25, -0.2) is 0 Å². The van der Waals surface area contributed by atoms with Gasteiger partial charge in [-0.15, -0.1) is 0 Å². The van der Waals surface area contributed by atoms with Crippen molar-refractivity contribution in [3.8, 4) is 0 Å². The van der Waals surface area contributed by atoms with Crippen LogP contribution in [0.25, 0.3) is 0 Å². The van der Waals surface area contributed by atoms with Crippen molar-refractivity contribution in [2.45, 2.75) is 12.5 Å². The van der Waals surface area contributed by atoms with E-state index < -0.39 is 5.97 Å². The maximum absolute atomic E-state index is 10.3. The summed E-state index contributed by atoms with van der Waals surface area (Å²) in [6.45, 7) is 1.73. The van der Waals surface area contributed by atoms with Crippen molar-refractivity contribution in [3.05, 3.63) is 0 Å². The van der Waals surface area contributed by atoms with Gasteiger partial charge in [0.2, 0.25) is 0 Å². The van der Waals surface area contributed by atoms with Gasteiger partial charge in [0.25, 0.3) is 0 Å². The molecule has 0 spiro atoms. The number of hydrogen-bond donors (Lipinski definition) is 1. The van der Waals surface area contributed by atoms with Crippen LogP contribution in [0.4, 0.5) is 0 Å². The van der Waals surface area contributed by atoms with Crippen LogP contribution in [0.15, 0.2) is 0 Å². The molecular weight excluding hydrogens is 146 g/mol. The standard InChI is InChI=1S/C7H13NO3/c1-11-6-2-3-8(4-6)5-7(9)10/h6H,2-5H2,1H3,(H,9,10)/t6-/m1/s1.